The van der Waals surface area contributed by atoms with E-state index in [0.717, 1.165) is 17.8 Å². The molecule has 44 heavy (non-hydrogen) atoms. The van der Waals surface area contributed by atoms with Crippen LogP contribution in [-0.2, 0) is 22.9 Å². The van der Waals surface area contributed by atoms with E-state index in [1.807, 2.05) is 45.4 Å². The van der Waals surface area contributed by atoms with Crippen molar-refractivity contribution in [3.05, 3.63) is 113 Å². The van der Waals surface area contributed by atoms with Crippen LogP contribution in [0.4, 0.5) is 5.69 Å². The van der Waals surface area contributed by atoms with Crippen LogP contribution < -0.4 is 0 Å². The molecule has 0 fully saturated rings. The van der Waals surface area contributed by atoms with Crippen LogP contribution in [0, 0.1) is 10.1 Å². The van der Waals surface area contributed by atoms with Gasteiger partial charge in [-0.1, -0.05) is 42.5 Å². The average molecular weight is 607 g/mol. The van der Waals surface area contributed by atoms with Gasteiger partial charge in [0.1, 0.15) is 11.3 Å². The van der Waals surface area contributed by atoms with Crippen LogP contribution in [0.5, 0.6) is 0 Å². The van der Waals surface area contributed by atoms with Crippen molar-refractivity contribution in [3.63, 3.8) is 0 Å². The Morgan fingerprint density at radius 1 is 0.955 bits per heavy atom. The molecule has 0 unspecified atom stereocenters. The Bertz CT molecular complexity index is 2080. The number of nitro benzene ring substituents is 1. The highest BCUT2D eigenvalue weighted by Crippen LogP contribution is 2.42. The van der Waals surface area contributed by atoms with E-state index in [9.17, 15) is 18.5 Å². The zero-order valence-corrected chi connectivity index (χ0v) is 25.2. The highest BCUT2D eigenvalue weighted by Gasteiger charge is 2.28. The average Bonchev–Trinajstić information content (AvgIpc) is 3.66. The molecule has 0 aliphatic carbocycles. The molecule has 0 saturated carbocycles. The lowest BCUT2D eigenvalue weighted by molar-refractivity contribution is -0.384. The summed E-state index contributed by atoms with van der Waals surface area (Å²) in [5.74, 6) is 0. The van der Waals surface area contributed by atoms with Gasteiger partial charge in [-0.25, -0.2) is 13.4 Å². The Morgan fingerprint density at radius 2 is 1.64 bits per heavy atom. The number of hydrogen-bond acceptors (Lipinski definition) is 7. The van der Waals surface area contributed by atoms with E-state index in [4.69, 9.17) is 5.10 Å². The second kappa shape index (κ2) is 11.5. The number of benzene rings is 3. The fourth-order valence-corrected chi connectivity index (χ4v) is 6.75. The fourth-order valence-electron chi connectivity index (χ4n) is 5.30. The van der Waals surface area contributed by atoms with Crippen molar-refractivity contribution in [1.29, 1.82) is 0 Å². The lowest BCUT2D eigenvalue weighted by atomic mass is 9.99. The van der Waals surface area contributed by atoms with Crippen LogP contribution in [0.1, 0.15) is 12.5 Å². The van der Waals surface area contributed by atoms with Crippen LogP contribution in [0.15, 0.2) is 107 Å². The Hall–Kier alpha value is -5.13. The van der Waals surface area contributed by atoms with E-state index in [0.29, 0.717) is 40.0 Å². The van der Waals surface area contributed by atoms with Gasteiger partial charge in [-0.2, -0.15) is 5.10 Å². The number of rotatable bonds is 9. The number of non-ortho nitro benzene ring substituents is 1. The van der Waals surface area contributed by atoms with E-state index in [-0.39, 0.29) is 15.5 Å². The molecule has 6 rings (SSSR count). The van der Waals surface area contributed by atoms with E-state index in [1.165, 1.54) is 23.9 Å². The molecule has 222 valence electrons. The van der Waals surface area contributed by atoms with Crippen molar-refractivity contribution in [3.8, 4) is 33.6 Å². The number of hydrogen-bond donors (Lipinski definition) is 1. The summed E-state index contributed by atoms with van der Waals surface area (Å²) in [6.07, 6.45) is 3.21. The summed E-state index contributed by atoms with van der Waals surface area (Å²) in [7, 11) is 0.0351. The zero-order chi connectivity index (χ0) is 31.0. The van der Waals surface area contributed by atoms with E-state index < -0.39 is 14.8 Å². The molecule has 3 aromatic carbocycles. The first kappa shape index (κ1) is 29.0. The first-order chi connectivity index (χ1) is 21.2. The highest BCUT2D eigenvalue weighted by molar-refractivity contribution is 7.91. The van der Waals surface area contributed by atoms with E-state index >= 15 is 0 Å². The zero-order valence-electron chi connectivity index (χ0n) is 24.4. The Balaban J connectivity index is 1.60. The monoisotopic (exact) mass is 606 g/mol. The van der Waals surface area contributed by atoms with Gasteiger partial charge in [0, 0.05) is 65.4 Å². The summed E-state index contributed by atoms with van der Waals surface area (Å²) in [5.41, 5.74) is 5.54. The predicted octanol–water partition coefficient (Wildman–Crippen LogP) is 6.58. The van der Waals surface area contributed by atoms with Gasteiger partial charge >= 0.3 is 0 Å². The molecule has 11 heteroatoms. The molecule has 3 heterocycles. The summed E-state index contributed by atoms with van der Waals surface area (Å²) < 4.78 is 30.1. The van der Waals surface area contributed by atoms with Crippen LogP contribution in [0.25, 0.3) is 44.7 Å². The van der Waals surface area contributed by atoms with Crippen molar-refractivity contribution in [2.45, 2.75) is 29.8 Å². The minimum Gasteiger partial charge on any atom is -0.339 e. The number of sulfone groups is 1. The van der Waals surface area contributed by atoms with E-state index in [2.05, 4.69) is 27.0 Å². The van der Waals surface area contributed by atoms with Gasteiger partial charge in [-0.3, -0.25) is 14.8 Å². The number of nitro groups is 1. The molecule has 10 nitrogen and oxygen atoms in total. The van der Waals surface area contributed by atoms with Crippen molar-refractivity contribution in [2.24, 2.45) is 0 Å². The molecule has 0 aliphatic heterocycles. The summed E-state index contributed by atoms with van der Waals surface area (Å²) in [4.78, 5) is 21.1. The maximum Gasteiger partial charge on any atom is 0.269 e. The SMILES string of the molecule is CCn1cc(-c2c(S(=O)(=O)c3ccccc3)cnc3[nH]c(-c4ccc(CN(C)C)cc4)cc23)c(-c2ccc([N+](=O)[O-])cc2)n1. The normalized spacial score (nSPS) is 11.8. The number of aryl methyl sites for hydroxylation is 1. The third-order valence-corrected chi connectivity index (χ3v) is 9.22. The fraction of sp³-hybridized carbons (Fsp3) is 0.152. The number of pyridine rings is 1. The Kier molecular flexibility index (Phi) is 7.58. The van der Waals surface area contributed by atoms with Crippen LogP contribution in [0.3, 0.4) is 0 Å². The molecule has 0 atom stereocenters. The highest BCUT2D eigenvalue weighted by atomic mass is 32.2. The van der Waals surface area contributed by atoms with Gasteiger partial charge in [0.25, 0.3) is 5.69 Å². The smallest absolute Gasteiger partial charge is 0.269 e. The summed E-state index contributed by atoms with van der Waals surface area (Å²) in [6, 6.07) is 24.5. The largest absolute Gasteiger partial charge is 0.339 e. The quantitative estimate of drug-likeness (QED) is 0.145. The second-order valence-corrected chi connectivity index (χ2v) is 12.7. The van der Waals surface area contributed by atoms with Gasteiger partial charge in [0.2, 0.25) is 9.84 Å². The topological polar surface area (TPSA) is 127 Å². The first-order valence-corrected chi connectivity index (χ1v) is 15.5. The van der Waals surface area contributed by atoms with Gasteiger partial charge < -0.3 is 9.88 Å². The molecule has 0 aliphatic rings. The molecular weight excluding hydrogens is 576 g/mol. The molecule has 1 N–H and O–H groups in total. The molecule has 0 saturated heterocycles. The minimum absolute atomic E-state index is 0.0434. The third-order valence-electron chi connectivity index (χ3n) is 7.44. The van der Waals surface area contributed by atoms with Gasteiger partial charge in [0.15, 0.2) is 0 Å². The minimum atomic E-state index is -4.00. The lowest BCUT2D eigenvalue weighted by Crippen LogP contribution is -2.10. The van der Waals surface area contributed by atoms with Crippen molar-refractivity contribution >= 4 is 26.6 Å². The lowest BCUT2D eigenvalue weighted by Gasteiger charge is -2.12. The molecule has 0 bridgehead atoms. The van der Waals surface area contributed by atoms with Gasteiger partial charge in [0.05, 0.1) is 14.7 Å². The van der Waals surface area contributed by atoms with E-state index in [1.54, 1.807) is 47.1 Å². The number of fused-ring (bicyclic) bond motifs is 1. The number of aromatic amines is 1. The van der Waals surface area contributed by atoms with Crippen LogP contribution >= 0.6 is 0 Å². The summed E-state index contributed by atoms with van der Waals surface area (Å²) >= 11 is 0. The van der Waals surface area contributed by atoms with Crippen LogP contribution in [0.2, 0.25) is 0 Å². The standard InChI is InChI=1S/C33H30N6O4S/c1-4-38-21-28(32(36-38)24-14-16-25(17-15-24)39(40)41)31-27-18-29(23-12-10-22(11-13-23)20-37(2)3)35-33(27)34-19-30(31)44(42,43)26-8-6-5-7-9-26/h5-19,21H,4,20H2,1-3H3,(H,34,35). The maximum atomic E-state index is 14.2. The molecule has 0 amide bonds. The molecule has 6 aromatic rings. The Labute approximate surface area is 254 Å². The molecule has 0 radical (unpaired) electrons. The van der Waals surface area contributed by atoms with Gasteiger partial charge in [-0.15, -0.1) is 0 Å². The number of nitrogens with one attached hydrogen (secondary N) is 1. The van der Waals surface area contributed by atoms with Crippen molar-refractivity contribution < 1.29 is 13.3 Å². The molecule has 0 spiro atoms. The second-order valence-electron chi connectivity index (χ2n) is 10.7. The number of nitrogens with zero attached hydrogens (tertiary/aromatic N) is 5. The first-order valence-electron chi connectivity index (χ1n) is 14.0. The molecule has 3 aromatic heterocycles. The summed E-state index contributed by atoms with van der Waals surface area (Å²) in [5, 5.41) is 16.7. The third kappa shape index (κ3) is 5.38. The summed E-state index contributed by atoms with van der Waals surface area (Å²) in [6.45, 7) is 3.29. The van der Waals surface area contributed by atoms with Gasteiger partial charge in [-0.05, 0) is 62.5 Å². The Morgan fingerprint density at radius 3 is 2.27 bits per heavy atom. The number of aromatic nitrogens is 4. The van der Waals surface area contributed by atoms with Crippen LogP contribution in [-0.4, -0.2) is 52.1 Å². The predicted molar refractivity (Wildman–Crippen MR) is 170 cm³/mol. The molecular formula is C33H30N6O4S. The maximum absolute atomic E-state index is 14.2. The van der Waals surface area contributed by atoms with Crippen molar-refractivity contribution in [1.82, 2.24) is 24.6 Å². The van der Waals surface area contributed by atoms with Crippen molar-refractivity contribution in [2.75, 3.05) is 14.1 Å². The number of H-pyrrole nitrogens is 1.